The molecular weight excluding hydrogens is 352 g/mol. The molecule has 2 aliphatic heterocycles. The van der Waals surface area contributed by atoms with E-state index in [2.05, 4.69) is 0 Å². The summed E-state index contributed by atoms with van der Waals surface area (Å²) >= 11 is 0. The Kier molecular flexibility index (Phi) is 4.34. The molecule has 7 heteroatoms. The van der Waals surface area contributed by atoms with Gasteiger partial charge in [-0.2, -0.15) is 0 Å². The summed E-state index contributed by atoms with van der Waals surface area (Å²) in [6, 6.07) is 6.63. The highest BCUT2D eigenvalue weighted by Crippen LogP contribution is 2.44. The van der Waals surface area contributed by atoms with E-state index in [1.54, 1.807) is 12.1 Å². The number of fused-ring (bicyclic) bond motifs is 1. The van der Waals surface area contributed by atoms with E-state index < -0.39 is 5.63 Å². The third-order valence-electron chi connectivity index (χ3n) is 5.27. The minimum Gasteiger partial charge on any atom is -0.490 e. The molecule has 1 aromatic carbocycles. The number of epoxide rings is 1. The van der Waals surface area contributed by atoms with Crippen molar-refractivity contribution in [3.05, 3.63) is 34.7 Å². The number of rotatable bonds is 6. The number of methoxy groups -OCH3 is 1. The first-order valence-electron chi connectivity index (χ1n) is 9.01. The lowest BCUT2D eigenvalue weighted by molar-refractivity contribution is -0.144. The number of hydrogen-bond acceptors (Lipinski definition) is 7. The van der Waals surface area contributed by atoms with Crippen LogP contribution in [0.2, 0.25) is 0 Å². The molecule has 0 spiro atoms. The predicted octanol–water partition coefficient (Wildman–Crippen LogP) is 2.68. The summed E-state index contributed by atoms with van der Waals surface area (Å²) in [5.41, 5.74) is -0.462. The summed E-state index contributed by atoms with van der Waals surface area (Å²) in [6.45, 7) is 4.20. The Morgan fingerprint density at radius 1 is 1.22 bits per heavy atom. The second kappa shape index (κ2) is 6.56. The average Bonchev–Trinajstić information content (AvgIpc) is 3.16. The Morgan fingerprint density at radius 2 is 2.00 bits per heavy atom. The molecular formula is C20H22O7. The second-order valence-corrected chi connectivity index (χ2v) is 7.40. The van der Waals surface area contributed by atoms with Gasteiger partial charge in [0.25, 0.3) is 0 Å². The summed E-state index contributed by atoms with van der Waals surface area (Å²) in [7, 11) is 1.50. The van der Waals surface area contributed by atoms with E-state index in [1.807, 2.05) is 19.9 Å². The van der Waals surface area contributed by atoms with Crippen LogP contribution in [0.5, 0.6) is 11.5 Å². The number of benzene rings is 1. The number of carbonyl (C=O) groups excluding carboxylic acids is 1. The van der Waals surface area contributed by atoms with E-state index in [0.717, 1.165) is 11.8 Å². The molecule has 2 aliphatic rings. The van der Waals surface area contributed by atoms with Crippen LogP contribution < -0.4 is 15.1 Å². The van der Waals surface area contributed by atoms with E-state index in [0.29, 0.717) is 30.1 Å². The molecule has 7 nitrogen and oxygen atoms in total. The van der Waals surface area contributed by atoms with Gasteiger partial charge in [-0.25, -0.2) is 4.79 Å². The first-order valence-corrected chi connectivity index (χ1v) is 9.01. The van der Waals surface area contributed by atoms with Crippen LogP contribution in [-0.4, -0.2) is 37.5 Å². The van der Waals surface area contributed by atoms with Crippen molar-refractivity contribution in [3.8, 4) is 11.5 Å². The Labute approximate surface area is 156 Å². The van der Waals surface area contributed by atoms with E-state index in [-0.39, 0.29) is 29.7 Å². The summed E-state index contributed by atoms with van der Waals surface area (Å²) in [6.07, 6.45) is 1.17. The van der Waals surface area contributed by atoms with Crippen molar-refractivity contribution in [1.82, 2.24) is 0 Å². The molecule has 2 saturated heterocycles. The van der Waals surface area contributed by atoms with Gasteiger partial charge in [-0.15, -0.1) is 0 Å². The fourth-order valence-corrected chi connectivity index (χ4v) is 3.64. The molecule has 2 fully saturated rings. The topological polar surface area (TPSA) is 87.5 Å². The standard InChI is InChI=1S/C20H22O7/c1-11-8-13(25-19(11)22)9-20(2)15(27-20)10-24-14-6-4-12-5-7-16(21)26-17(12)18(14)23-3/h4-7,11,13,15H,8-10H2,1-3H3/t11-,13+,15-,20-/m1/s1. The van der Waals surface area contributed by atoms with Crippen LogP contribution in [0.1, 0.15) is 26.7 Å². The first-order chi connectivity index (χ1) is 12.9. The third-order valence-corrected chi connectivity index (χ3v) is 5.27. The van der Waals surface area contributed by atoms with Crippen LogP contribution in [-0.2, 0) is 14.3 Å². The van der Waals surface area contributed by atoms with E-state index in [9.17, 15) is 9.59 Å². The lowest BCUT2D eigenvalue weighted by atomic mass is 9.96. The van der Waals surface area contributed by atoms with Crippen LogP contribution in [0.4, 0.5) is 0 Å². The van der Waals surface area contributed by atoms with E-state index in [1.165, 1.54) is 13.2 Å². The van der Waals surface area contributed by atoms with Crippen molar-refractivity contribution in [2.75, 3.05) is 13.7 Å². The minimum absolute atomic E-state index is 0.0523. The fraction of sp³-hybridized carbons (Fsp3) is 0.500. The zero-order chi connectivity index (χ0) is 19.2. The van der Waals surface area contributed by atoms with Crippen LogP contribution in [0, 0.1) is 5.92 Å². The fourth-order valence-electron chi connectivity index (χ4n) is 3.64. The van der Waals surface area contributed by atoms with Crippen LogP contribution in [0.15, 0.2) is 33.5 Å². The molecule has 2 aromatic rings. The van der Waals surface area contributed by atoms with Crippen molar-refractivity contribution in [2.24, 2.45) is 5.92 Å². The lowest BCUT2D eigenvalue weighted by Gasteiger charge is -2.14. The maximum Gasteiger partial charge on any atom is 0.336 e. The van der Waals surface area contributed by atoms with Gasteiger partial charge >= 0.3 is 11.6 Å². The molecule has 27 heavy (non-hydrogen) atoms. The number of hydrogen-bond donors (Lipinski definition) is 0. The smallest absolute Gasteiger partial charge is 0.336 e. The number of ether oxygens (including phenoxy) is 4. The van der Waals surface area contributed by atoms with E-state index in [4.69, 9.17) is 23.4 Å². The highest BCUT2D eigenvalue weighted by Gasteiger charge is 2.55. The highest BCUT2D eigenvalue weighted by molar-refractivity contribution is 5.85. The molecule has 0 aliphatic carbocycles. The Balaban J connectivity index is 1.42. The van der Waals surface area contributed by atoms with Crippen LogP contribution >= 0.6 is 0 Å². The maximum atomic E-state index is 11.6. The molecule has 0 N–H and O–H groups in total. The Hall–Kier alpha value is -2.54. The monoisotopic (exact) mass is 374 g/mol. The van der Waals surface area contributed by atoms with Crippen molar-refractivity contribution in [2.45, 2.75) is 44.5 Å². The summed E-state index contributed by atoms with van der Waals surface area (Å²) in [5.74, 6) is 0.673. The number of carbonyl (C=O) groups is 1. The molecule has 3 heterocycles. The van der Waals surface area contributed by atoms with Crippen molar-refractivity contribution < 1.29 is 28.2 Å². The largest absolute Gasteiger partial charge is 0.490 e. The minimum atomic E-state index is -0.448. The molecule has 0 unspecified atom stereocenters. The Morgan fingerprint density at radius 3 is 2.70 bits per heavy atom. The van der Waals surface area contributed by atoms with Gasteiger partial charge in [0.2, 0.25) is 5.75 Å². The molecule has 0 amide bonds. The quantitative estimate of drug-likeness (QED) is 0.436. The number of cyclic esters (lactones) is 1. The zero-order valence-electron chi connectivity index (χ0n) is 15.5. The predicted molar refractivity (Wildman–Crippen MR) is 96.1 cm³/mol. The second-order valence-electron chi connectivity index (χ2n) is 7.40. The SMILES string of the molecule is COc1c(OC[C@H]2O[C@]2(C)C[C@@H]2C[C@@H](C)C(=O)O2)ccc2ccc(=O)oc12. The Bertz CT molecular complexity index is 934. The molecule has 4 rings (SSSR count). The highest BCUT2D eigenvalue weighted by atomic mass is 16.6. The lowest BCUT2D eigenvalue weighted by Crippen LogP contribution is -2.22. The maximum absolute atomic E-state index is 11.6. The normalized spacial score (nSPS) is 29.6. The van der Waals surface area contributed by atoms with Gasteiger partial charge in [0, 0.05) is 17.9 Å². The van der Waals surface area contributed by atoms with Crippen LogP contribution in [0.3, 0.4) is 0 Å². The molecule has 0 radical (unpaired) electrons. The molecule has 4 atom stereocenters. The molecule has 0 saturated carbocycles. The van der Waals surface area contributed by atoms with Gasteiger partial charge in [-0.3, -0.25) is 4.79 Å². The molecule has 0 bridgehead atoms. The van der Waals surface area contributed by atoms with Crippen molar-refractivity contribution in [3.63, 3.8) is 0 Å². The summed E-state index contributed by atoms with van der Waals surface area (Å²) < 4.78 is 27.7. The average molecular weight is 374 g/mol. The molecule has 1 aromatic heterocycles. The van der Waals surface area contributed by atoms with Gasteiger partial charge in [0.05, 0.1) is 18.6 Å². The third kappa shape index (κ3) is 3.39. The number of esters is 1. The van der Waals surface area contributed by atoms with Crippen molar-refractivity contribution >= 4 is 16.9 Å². The van der Waals surface area contributed by atoms with Crippen molar-refractivity contribution in [1.29, 1.82) is 0 Å². The van der Waals surface area contributed by atoms with Gasteiger partial charge in [0.15, 0.2) is 11.3 Å². The first kappa shape index (κ1) is 17.9. The summed E-state index contributed by atoms with van der Waals surface area (Å²) in [5, 5.41) is 0.753. The summed E-state index contributed by atoms with van der Waals surface area (Å²) in [4.78, 5) is 23.1. The van der Waals surface area contributed by atoms with Gasteiger partial charge < -0.3 is 23.4 Å². The van der Waals surface area contributed by atoms with Gasteiger partial charge in [0.1, 0.15) is 18.8 Å². The van der Waals surface area contributed by atoms with Crippen LogP contribution in [0.25, 0.3) is 11.0 Å². The van der Waals surface area contributed by atoms with E-state index >= 15 is 0 Å². The zero-order valence-corrected chi connectivity index (χ0v) is 15.5. The van der Waals surface area contributed by atoms with Gasteiger partial charge in [-0.1, -0.05) is 6.92 Å². The molecule has 144 valence electrons. The van der Waals surface area contributed by atoms with Gasteiger partial charge in [-0.05, 0) is 31.5 Å².